The third kappa shape index (κ3) is 4.26. The second-order valence-corrected chi connectivity index (χ2v) is 7.13. The number of methoxy groups -OCH3 is 1. The number of anilines is 1. The monoisotopic (exact) mass is 422 g/mol. The van der Waals surface area contributed by atoms with Crippen molar-refractivity contribution in [3.63, 3.8) is 0 Å². The number of hydrogen-bond donors (Lipinski definition) is 2. The first-order valence-corrected chi connectivity index (χ1v) is 9.47. The lowest BCUT2D eigenvalue weighted by molar-refractivity contribution is 0.127. The maximum Gasteiger partial charge on any atom is 0.119 e. The Kier molecular flexibility index (Phi) is 6.80. The summed E-state index contributed by atoms with van der Waals surface area (Å²) in [6.07, 6.45) is 0. The summed E-state index contributed by atoms with van der Waals surface area (Å²) in [5.41, 5.74) is 6.38. The zero-order valence-corrected chi connectivity index (χ0v) is 17.3. The Morgan fingerprint density at radius 3 is 2.57 bits per heavy atom. The summed E-state index contributed by atoms with van der Waals surface area (Å²) in [4.78, 5) is 7.04. The molecule has 0 atom stereocenters. The second-order valence-electron chi connectivity index (χ2n) is 6.70. The predicted octanol–water partition coefficient (Wildman–Crippen LogP) is 3.41. The highest BCUT2D eigenvalue weighted by Gasteiger charge is 2.19. The first-order valence-electron chi connectivity index (χ1n) is 9.10. The fourth-order valence-electron chi connectivity index (χ4n) is 3.53. The van der Waals surface area contributed by atoms with Crippen LogP contribution in [0.5, 0.6) is 5.75 Å². The minimum absolute atomic E-state index is 0. The van der Waals surface area contributed by atoms with Gasteiger partial charge in [0.05, 0.1) is 30.4 Å². The SMILES string of the molecule is COc1ccc2nc3cc(Cl)ccc3c(NN3CCN(CCO)CC3)c2c1.Cl. The van der Waals surface area contributed by atoms with Crippen LogP contribution < -0.4 is 10.2 Å². The highest BCUT2D eigenvalue weighted by atomic mass is 35.5. The average Bonchev–Trinajstić information content (AvgIpc) is 2.69. The summed E-state index contributed by atoms with van der Waals surface area (Å²) in [6.45, 7) is 4.53. The molecule has 2 heterocycles. The highest BCUT2D eigenvalue weighted by Crippen LogP contribution is 2.34. The van der Waals surface area contributed by atoms with Crippen molar-refractivity contribution in [1.82, 2.24) is 14.9 Å². The minimum atomic E-state index is 0. The molecule has 0 spiro atoms. The molecule has 1 fully saturated rings. The Balaban J connectivity index is 0.00000225. The summed E-state index contributed by atoms with van der Waals surface area (Å²) in [5.74, 6) is 0.799. The van der Waals surface area contributed by atoms with E-state index in [4.69, 9.17) is 26.4 Å². The first-order chi connectivity index (χ1) is 13.2. The van der Waals surface area contributed by atoms with E-state index in [-0.39, 0.29) is 19.0 Å². The molecular formula is C20H24Cl2N4O2. The molecule has 150 valence electrons. The van der Waals surface area contributed by atoms with Crippen LogP contribution in [0.4, 0.5) is 5.69 Å². The number of aliphatic hydroxyl groups is 1. The van der Waals surface area contributed by atoms with Crippen molar-refractivity contribution in [3.8, 4) is 5.75 Å². The van der Waals surface area contributed by atoms with Gasteiger partial charge in [-0.1, -0.05) is 11.6 Å². The molecule has 2 N–H and O–H groups in total. The minimum Gasteiger partial charge on any atom is -0.497 e. The van der Waals surface area contributed by atoms with Gasteiger partial charge in [0.2, 0.25) is 0 Å². The first kappa shape index (κ1) is 20.9. The zero-order chi connectivity index (χ0) is 18.8. The van der Waals surface area contributed by atoms with Gasteiger partial charge in [0, 0.05) is 48.5 Å². The summed E-state index contributed by atoms with van der Waals surface area (Å²) in [7, 11) is 1.67. The van der Waals surface area contributed by atoms with Crippen molar-refractivity contribution in [1.29, 1.82) is 0 Å². The number of hydrogen-bond acceptors (Lipinski definition) is 6. The van der Waals surface area contributed by atoms with E-state index in [9.17, 15) is 0 Å². The number of hydrazine groups is 1. The third-order valence-corrected chi connectivity index (χ3v) is 5.24. The molecule has 1 aliphatic rings. The average molecular weight is 423 g/mol. The molecule has 2 aromatic carbocycles. The van der Waals surface area contributed by atoms with Gasteiger partial charge in [0.15, 0.2) is 0 Å². The third-order valence-electron chi connectivity index (χ3n) is 5.00. The number of halogens is 2. The standard InChI is InChI=1S/C20H23ClN4O2.ClH/c1-27-15-3-5-18-17(13-15)20(16-4-2-14(21)12-19(16)22-18)23-25-8-6-24(7-9-25)10-11-26;/h2-5,12-13,26H,6-11H2,1H3,(H,22,23);1H. The smallest absolute Gasteiger partial charge is 0.119 e. The molecule has 0 unspecified atom stereocenters. The van der Waals surface area contributed by atoms with Gasteiger partial charge in [-0.15, -0.1) is 12.4 Å². The van der Waals surface area contributed by atoms with E-state index in [1.807, 2.05) is 36.4 Å². The normalized spacial score (nSPS) is 15.5. The van der Waals surface area contributed by atoms with Crippen LogP contribution in [-0.2, 0) is 0 Å². The zero-order valence-electron chi connectivity index (χ0n) is 15.7. The molecule has 1 saturated heterocycles. The van der Waals surface area contributed by atoms with Crippen LogP contribution in [0.3, 0.4) is 0 Å². The van der Waals surface area contributed by atoms with Gasteiger partial charge in [0.25, 0.3) is 0 Å². The van der Waals surface area contributed by atoms with Gasteiger partial charge < -0.3 is 15.3 Å². The van der Waals surface area contributed by atoms with Crippen LogP contribution >= 0.6 is 24.0 Å². The van der Waals surface area contributed by atoms with E-state index in [2.05, 4.69) is 15.3 Å². The van der Waals surface area contributed by atoms with Gasteiger partial charge >= 0.3 is 0 Å². The number of nitrogens with one attached hydrogen (secondary N) is 1. The molecule has 0 amide bonds. The van der Waals surface area contributed by atoms with Gasteiger partial charge in [-0.3, -0.25) is 4.90 Å². The van der Waals surface area contributed by atoms with Crippen molar-refractivity contribution in [3.05, 3.63) is 41.4 Å². The molecule has 0 aliphatic carbocycles. The molecule has 0 saturated carbocycles. The number of ether oxygens (including phenoxy) is 1. The van der Waals surface area contributed by atoms with E-state index >= 15 is 0 Å². The van der Waals surface area contributed by atoms with Gasteiger partial charge in [0.1, 0.15) is 5.75 Å². The molecule has 8 heteroatoms. The van der Waals surface area contributed by atoms with E-state index in [0.29, 0.717) is 5.02 Å². The molecule has 0 bridgehead atoms. The molecule has 28 heavy (non-hydrogen) atoms. The highest BCUT2D eigenvalue weighted by molar-refractivity contribution is 6.31. The second kappa shape index (κ2) is 9.11. The number of piperazine rings is 1. The number of β-amino-alcohol motifs (C(OH)–C–C–N with tert-alkyl or cyclic N) is 1. The van der Waals surface area contributed by atoms with Crippen LogP contribution in [-0.4, -0.2) is 66.4 Å². The van der Waals surface area contributed by atoms with Gasteiger partial charge in [-0.05, 0) is 36.4 Å². The molecule has 1 aliphatic heterocycles. The largest absolute Gasteiger partial charge is 0.497 e. The maximum absolute atomic E-state index is 9.13. The van der Waals surface area contributed by atoms with Crippen molar-refractivity contribution >= 4 is 51.5 Å². The number of aromatic nitrogens is 1. The van der Waals surface area contributed by atoms with E-state index in [0.717, 1.165) is 66.0 Å². The summed E-state index contributed by atoms with van der Waals surface area (Å²) in [5, 5.41) is 14.1. The van der Waals surface area contributed by atoms with Crippen molar-refractivity contribution in [2.45, 2.75) is 0 Å². The fraction of sp³-hybridized carbons (Fsp3) is 0.350. The van der Waals surface area contributed by atoms with Gasteiger partial charge in [-0.25, -0.2) is 9.99 Å². The lowest BCUT2D eigenvalue weighted by Crippen LogP contribution is -2.49. The number of rotatable bonds is 5. The Labute approximate surface area is 175 Å². The van der Waals surface area contributed by atoms with Crippen molar-refractivity contribution < 1.29 is 9.84 Å². The lowest BCUT2D eigenvalue weighted by Gasteiger charge is -2.35. The number of nitrogens with zero attached hydrogens (tertiary/aromatic N) is 3. The molecular weight excluding hydrogens is 399 g/mol. The van der Waals surface area contributed by atoms with E-state index in [1.54, 1.807) is 7.11 Å². The Morgan fingerprint density at radius 1 is 1.07 bits per heavy atom. The Bertz CT molecular complexity index is 962. The quantitative estimate of drug-likeness (QED) is 0.614. The molecule has 1 aromatic heterocycles. The van der Waals surface area contributed by atoms with E-state index < -0.39 is 0 Å². The lowest BCUT2D eigenvalue weighted by atomic mass is 10.1. The Morgan fingerprint density at radius 2 is 1.86 bits per heavy atom. The number of pyridine rings is 1. The van der Waals surface area contributed by atoms with Crippen LogP contribution in [0.15, 0.2) is 36.4 Å². The maximum atomic E-state index is 9.13. The van der Waals surface area contributed by atoms with Gasteiger partial charge in [-0.2, -0.15) is 0 Å². The summed E-state index contributed by atoms with van der Waals surface area (Å²) >= 11 is 6.19. The predicted molar refractivity (Wildman–Crippen MR) is 117 cm³/mol. The fourth-order valence-corrected chi connectivity index (χ4v) is 3.69. The summed E-state index contributed by atoms with van der Waals surface area (Å²) in [6, 6.07) is 11.7. The van der Waals surface area contributed by atoms with Crippen molar-refractivity contribution in [2.24, 2.45) is 0 Å². The summed E-state index contributed by atoms with van der Waals surface area (Å²) < 4.78 is 5.42. The number of benzene rings is 2. The Hall–Kier alpha value is -1.83. The molecule has 0 radical (unpaired) electrons. The topological polar surface area (TPSA) is 60.9 Å². The van der Waals surface area contributed by atoms with Crippen LogP contribution in [0, 0.1) is 0 Å². The molecule has 3 aromatic rings. The van der Waals surface area contributed by atoms with E-state index in [1.165, 1.54) is 0 Å². The van der Waals surface area contributed by atoms with Crippen molar-refractivity contribution in [2.75, 3.05) is 51.9 Å². The number of fused-ring (bicyclic) bond motifs is 2. The van der Waals surface area contributed by atoms with Crippen LogP contribution in [0.25, 0.3) is 21.8 Å². The molecule has 6 nitrogen and oxygen atoms in total. The number of aliphatic hydroxyl groups excluding tert-OH is 1. The molecule has 4 rings (SSSR count). The van der Waals surface area contributed by atoms with Crippen LogP contribution in [0.1, 0.15) is 0 Å². The van der Waals surface area contributed by atoms with Crippen LogP contribution in [0.2, 0.25) is 5.02 Å².